The van der Waals surface area contributed by atoms with Crippen LogP contribution in [0.2, 0.25) is 5.02 Å². The van der Waals surface area contributed by atoms with Gasteiger partial charge in [0.05, 0.1) is 5.41 Å². The van der Waals surface area contributed by atoms with Crippen LogP contribution in [0.3, 0.4) is 0 Å². The third-order valence-corrected chi connectivity index (χ3v) is 8.24. The fraction of sp³-hybridized carbons (Fsp3) is 0.652. The van der Waals surface area contributed by atoms with E-state index in [9.17, 15) is 9.59 Å². The molecule has 5 heteroatoms. The summed E-state index contributed by atoms with van der Waals surface area (Å²) in [6.45, 7) is 2.62. The monoisotopic (exact) mass is 400 g/mol. The summed E-state index contributed by atoms with van der Waals surface area (Å²) in [7, 11) is 0. The Hall–Kier alpha value is -1.55. The van der Waals surface area contributed by atoms with Crippen molar-refractivity contribution in [2.75, 3.05) is 11.9 Å². The zero-order valence-electron chi connectivity index (χ0n) is 16.5. The molecule has 4 aliphatic carbocycles. The van der Waals surface area contributed by atoms with Crippen molar-refractivity contribution in [3.63, 3.8) is 0 Å². The van der Waals surface area contributed by atoms with Crippen LogP contribution in [0.5, 0.6) is 0 Å². The summed E-state index contributed by atoms with van der Waals surface area (Å²) >= 11 is 6.20. The van der Waals surface area contributed by atoms with E-state index in [1.54, 1.807) is 0 Å². The fourth-order valence-corrected chi connectivity index (χ4v) is 7.09. The van der Waals surface area contributed by atoms with E-state index in [2.05, 4.69) is 5.32 Å². The van der Waals surface area contributed by atoms with Gasteiger partial charge in [0.25, 0.3) is 0 Å². The SMILES string of the molecule is Cc1c(Cl)cccc1NC(=O)[C@@H]1CCCN1C(=O)C12CC3CC(CC(C3)C1)C2. The van der Waals surface area contributed by atoms with E-state index in [4.69, 9.17) is 11.6 Å². The van der Waals surface area contributed by atoms with Gasteiger partial charge in [-0.3, -0.25) is 9.59 Å². The lowest BCUT2D eigenvalue weighted by atomic mass is 9.49. The summed E-state index contributed by atoms with van der Waals surface area (Å²) in [6.07, 6.45) is 8.79. The van der Waals surface area contributed by atoms with Gasteiger partial charge in [-0.2, -0.15) is 0 Å². The summed E-state index contributed by atoms with van der Waals surface area (Å²) in [5.41, 5.74) is 1.44. The first-order chi connectivity index (χ1) is 13.4. The lowest BCUT2D eigenvalue weighted by Crippen LogP contribution is -2.56. The Morgan fingerprint density at radius 3 is 2.39 bits per heavy atom. The third kappa shape index (κ3) is 2.96. The average Bonchev–Trinajstić information content (AvgIpc) is 3.13. The van der Waals surface area contributed by atoms with Gasteiger partial charge in [0.2, 0.25) is 11.8 Å². The molecule has 28 heavy (non-hydrogen) atoms. The number of amides is 2. The molecule has 0 unspecified atom stereocenters. The second-order valence-corrected chi connectivity index (χ2v) is 10.2. The maximum absolute atomic E-state index is 13.7. The number of likely N-dealkylation sites (tertiary alicyclic amines) is 1. The van der Waals surface area contributed by atoms with Crippen molar-refractivity contribution in [2.24, 2.45) is 23.2 Å². The first-order valence-electron chi connectivity index (χ1n) is 10.8. The molecule has 1 aliphatic heterocycles. The molecule has 0 radical (unpaired) electrons. The molecule has 0 aromatic heterocycles. The summed E-state index contributed by atoms with van der Waals surface area (Å²) in [6, 6.07) is 5.20. The molecule has 1 atom stereocenters. The van der Waals surface area contributed by atoms with Crippen LogP contribution in [-0.2, 0) is 9.59 Å². The Labute approximate surface area is 172 Å². The summed E-state index contributed by atoms with van der Waals surface area (Å²) < 4.78 is 0. The maximum atomic E-state index is 13.7. The highest BCUT2D eigenvalue weighted by Crippen LogP contribution is 2.60. The molecule has 0 spiro atoms. The minimum atomic E-state index is -0.348. The highest BCUT2D eigenvalue weighted by atomic mass is 35.5. The normalized spacial score (nSPS) is 36.0. The molecule has 1 heterocycles. The summed E-state index contributed by atoms with van der Waals surface area (Å²) in [4.78, 5) is 28.7. The second-order valence-electron chi connectivity index (χ2n) is 9.76. The van der Waals surface area contributed by atoms with Crippen molar-refractivity contribution < 1.29 is 9.59 Å². The van der Waals surface area contributed by atoms with Crippen LogP contribution in [0.4, 0.5) is 5.69 Å². The van der Waals surface area contributed by atoms with Crippen molar-refractivity contribution in [3.05, 3.63) is 28.8 Å². The van der Waals surface area contributed by atoms with Gasteiger partial charge in [-0.25, -0.2) is 0 Å². The van der Waals surface area contributed by atoms with E-state index in [0.717, 1.165) is 61.1 Å². The van der Waals surface area contributed by atoms with Gasteiger partial charge in [0.1, 0.15) is 6.04 Å². The van der Waals surface area contributed by atoms with Gasteiger partial charge in [-0.1, -0.05) is 17.7 Å². The van der Waals surface area contributed by atoms with E-state index in [1.165, 1.54) is 19.3 Å². The molecule has 150 valence electrons. The standard InChI is InChI=1S/C23H29ClN2O2/c1-14-18(24)4-2-5-19(14)25-21(27)20-6-3-7-26(20)22(28)23-11-15-8-16(12-23)10-17(9-15)13-23/h2,4-5,15-17,20H,3,6-13H2,1H3,(H,25,27)/t15?,16?,17?,20-,23?/m0/s1. The number of carbonyl (C=O) groups is 2. The number of halogens is 1. The Morgan fingerprint density at radius 1 is 1.11 bits per heavy atom. The molecular weight excluding hydrogens is 372 g/mol. The van der Waals surface area contributed by atoms with Crippen molar-refractivity contribution >= 4 is 29.1 Å². The van der Waals surface area contributed by atoms with E-state index < -0.39 is 0 Å². The predicted octanol–water partition coefficient (Wildman–Crippen LogP) is 4.79. The minimum Gasteiger partial charge on any atom is -0.330 e. The zero-order valence-corrected chi connectivity index (χ0v) is 17.3. The number of benzene rings is 1. The van der Waals surface area contributed by atoms with Gasteiger partial charge in [0, 0.05) is 17.3 Å². The summed E-state index contributed by atoms with van der Waals surface area (Å²) in [5, 5.41) is 3.68. The quantitative estimate of drug-likeness (QED) is 0.792. The van der Waals surface area contributed by atoms with Gasteiger partial charge >= 0.3 is 0 Å². The molecule has 1 N–H and O–H groups in total. The number of hydrogen-bond acceptors (Lipinski definition) is 2. The van der Waals surface area contributed by atoms with Crippen LogP contribution in [0.15, 0.2) is 18.2 Å². The molecule has 6 rings (SSSR count). The molecule has 1 aromatic rings. The Kier molecular flexibility index (Phi) is 4.46. The van der Waals surface area contributed by atoms with Crippen molar-refractivity contribution in [2.45, 2.75) is 64.3 Å². The Morgan fingerprint density at radius 2 is 1.75 bits per heavy atom. The zero-order chi connectivity index (χ0) is 19.5. The molecule has 2 amide bonds. The van der Waals surface area contributed by atoms with Crippen LogP contribution in [0.1, 0.15) is 56.9 Å². The molecule has 4 nitrogen and oxygen atoms in total. The average molecular weight is 401 g/mol. The number of anilines is 1. The van der Waals surface area contributed by atoms with Crippen LogP contribution < -0.4 is 5.32 Å². The summed E-state index contributed by atoms with van der Waals surface area (Å²) in [5.74, 6) is 2.41. The highest BCUT2D eigenvalue weighted by Gasteiger charge is 2.56. The Bertz CT molecular complexity index is 786. The van der Waals surface area contributed by atoms with Gasteiger partial charge in [0.15, 0.2) is 0 Å². The van der Waals surface area contributed by atoms with Crippen LogP contribution >= 0.6 is 11.6 Å². The number of nitrogens with one attached hydrogen (secondary N) is 1. The molecule has 5 aliphatic rings. The van der Waals surface area contributed by atoms with E-state index in [1.807, 2.05) is 30.0 Å². The van der Waals surface area contributed by atoms with E-state index >= 15 is 0 Å². The molecule has 1 saturated heterocycles. The van der Waals surface area contributed by atoms with E-state index in [0.29, 0.717) is 11.6 Å². The van der Waals surface area contributed by atoms with Crippen LogP contribution in [0.25, 0.3) is 0 Å². The van der Waals surface area contributed by atoms with Gasteiger partial charge in [-0.05, 0) is 93.7 Å². The lowest BCUT2D eigenvalue weighted by molar-refractivity contribution is -0.160. The molecule has 1 aromatic carbocycles. The first kappa shape index (κ1) is 18.5. The molecule has 4 bridgehead atoms. The molecule has 4 saturated carbocycles. The largest absolute Gasteiger partial charge is 0.330 e. The molecular formula is C23H29ClN2O2. The predicted molar refractivity (Wildman–Crippen MR) is 110 cm³/mol. The first-order valence-corrected chi connectivity index (χ1v) is 11.2. The smallest absolute Gasteiger partial charge is 0.247 e. The minimum absolute atomic E-state index is 0.0686. The number of nitrogens with zero attached hydrogens (tertiary/aromatic N) is 1. The van der Waals surface area contributed by atoms with Crippen molar-refractivity contribution in [1.29, 1.82) is 0 Å². The van der Waals surface area contributed by atoms with Gasteiger partial charge in [-0.15, -0.1) is 0 Å². The highest BCUT2D eigenvalue weighted by molar-refractivity contribution is 6.31. The number of rotatable bonds is 3. The number of hydrogen-bond donors (Lipinski definition) is 1. The number of carbonyl (C=O) groups excluding carboxylic acids is 2. The lowest BCUT2D eigenvalue weighted by Gasteiger charge is -2.56. The maximum Gasteiger partial charge on any atom is 0.247 e. The Balaban J connectivity index is 1.35. The molecule has 5 fully saturated rings. The topological polar surface area (TPSA) is 49.4 Å². The van der Waals surface area contributed by atoms with E-state index in [-0.39, 0.29) is 23.3 Å². The van der Waals surface area contributed by atoms with Gasteiger partial charge < -0.3 is 10.2 Å². The third-order valence-electron chi connectivity index (χ3n) is 7.83. The second kappa shape index (κ2) is 6.76. The van der Waals surface area contributed by atoms with Crippen LogP contribution in [0, 0.1) is 30.1 Å². The van der Waals surface area contributed by atoms with Crippen LogP contribution in [-0.4, -0.2) is 29.3 Å². The fourth-order valence-electron chi connectivity index (χ4n) is 6.92. The van der Waals surface area contributed by atoms with Crippen molar-refractivity contribution in [3.8, 4) is 0 Å². The van der Waals surface area contributed by atoms with Crippen molar-refractivity contribution in [1.82, 2.24) is 4.90 Å².